The highest BCUT2D eigenvalue weighted by molar-refractivity contribution is 7.88. The fourth-order valence-corrected chi connectivity index (χ4v) is 3.28. The van der Waals surface area contributed by atoms with Crippen LogP contribution < -0.4 is 20.3 Å². The maximum absolute atomic E-state index is 11.8. The Hall–Kier alpha value is -2.13. The largest absolute Gasteiger partial charge is 0.357 e. The highest BCUT2D eigenvalue weighted by Crippen LogP contribution is 2.21. The first kappa shape index (κ1) is 21.2. The summed E-state index contributed by atoms with van der Waals surface area (Å²) in [5.74, 6) is 0.875. The number of rotatable bonds is 9. The van der Waals surface area contributed by atoms with Crippen LogP contribution in [0.4, 0.5) is 5.69 Å². The summed E-state index contributed by atoms with van der Waals surface area (Å²) in [6.45, 7) is 5.05. The number of nitrogens with one attached hydrogen (secondary N) is 3. The third-order valence-corrected chi connectivity index (χ3v) is 4.82. The molecule has 0 saturated carbocycles. The molecular formula is C18H29N5O3S. The monoisotopic (exact) mass is 395 g/mol. The van der Waals surface area contributed by atoms with Gasteiger partial charge in [-0.25, -0.2) is 18.1 Å². The first-order chi connectivity index (χ1) is 12.9. The number of aliphatic imine (C=N–C) groups is 1. The minimum Gasteiger partial charge on any atom is -0.357 e. The molecule has 3 N–H and O–H groups in total. The van der Waals surface area contributed by atoms with Gasteiger partial charge in [0.15, 0.2) is 5.96 Å². The Morgan fingerprint density at radius 1 is 1.19 bits per heavy atom. The molecule has 1 aromatic carbocycles. The zero-order valence-electron chi connectivity index (χ0n) is 16.0. The van der Waals surface area contributed by atoms with Gasteiger partial charge in [0.25, 0.3) is 0 Å². The molecule has 8 nitrogen and oxygen atoms in total. The zero-order valence-corrected chi connectivity index (χ0v) is 16.8. The molecule has 0 unspecified atom stereocenters. The lowest BCUT2D eigenvalue weighted by Gasteiger charge is -2.16. The molecular weight excluding hydrogens is 366 g/mol. The number of nitrogens with zero attached hydrogens (tertiary/aromatic N) is 2. The summed E-state index contributed by atoms with van der Waals surface area (Å²) < 4.78 is 24.5. The fraction of sp³-hybridized carbons (Fsp3) is 0.556. The van der Waals surface area contributed by atoms with E-state index in [-0.39, 0.29) is 5.91 Å². The van der Waals surface area contributed by atoms with E-state index in [1.807, 2.05) is 36.1 Å². The zero-order chi connectivity index (χ0) is 19.7. The van der Waals surface area contributed by atoms with Crippen molar-refractivity contribution in [2.45, 2.75) is 32.7 Å². The second-order valence-corrected chi connectivity index (χ2v) is 8.29. The Balaban J connectivity index is 1.83. The van der Waals surface area contributed by atoms with Gasteiger partial charge >= 0.3 is 0 Å². The van der Waals surface area contributed by atoms with Crippen LogP contribution in [0, 0.1) is 0 Å². The Morgan fingerprint density at radius 3 is 2.52 bits per heavy atom. The van der Waals surface area contributed by atoms with Gasteiger partial charge in [-0.15, -0.1) is 0 Å². The van der Waals surface area contributed by atoms with E-state index < -0.39 is 10.0 Å². The minimum atomic E-state index is -3.14. The smallest absolute Gasteiger partial charge is 0.227 e. The molecule has 0 atom stereocenters. The van der Waals surface area contributed by atoms with Gasteiger partial charge in [-0.3, -0.25) is 4.79 Å². The summed E-state index contributed by atoms with van der Waals surface area (Å²) in [6, 6.07) is 7.91. The highest BCUT2D eigenvalue weighted by Gasteiger charge is 2.21. The lowest BCUT2D eigenvalue weighted by molar-refractivity contribution is -0.117. The minimum absolute atomic E-state index is 0.185. The molecule has 1 saturated heterocycles. The molecule has 0 aromatic heterocycles. The summed E-state index contributed by atoms with van der Waals surface area (Å²) in [6.07, 6.45) is 3.36. The first-order valence-electron chi connectivity index (χ1n) is 9.25. The Morgan fingerprint density at radius 2 is 1.93 bits per heavy atom. The molecule has 1 aliphatic rings. The van der Waals surface area contributed by atoms with Crippen molar-refractivity contribution in [3.05, 3.63) is 29.8 Å². The number of carbonyl (C=O) groups is 1. The van der Waals surface area contributed by atoms with E-state index >= 15 is 0 Å². The molecule has 0 radical (unpaired) electrons. The van der Waals surface area contributed by atoms with Crippen molar-refractivity contribution in [3.63, 3.8) is 0 Å². The summed E-state index contributed by atoms with van der Waals surface area (Å²) in [5, 5.41) is 6.36. The average molecular weight is 396 g/mol. The van der Waals surface area contributed by atoms with Crippen molar-refractivity contribution in [1.29, 1.82) is 0 Å². The number of benzene rings is 1. The van der Waals surface area contributed by atoms with E-state index in [1.165, 1.54) is 0 Å². The normalized spacial score (nSPS) is 15.3. The van der Waals surface area contributed by atoms with Crippen LogP contribution in [0.5, 0.6) is 0 Å². The maximum Gasteiger partial charge on any atom is 0.227 e. The van der Waals surface area contributed by atoms with Crippen LogP contribution in [-0.4, -0.2) is 52.7 Å². The number of anilines is 1. The predicted octanol–water partition coefficient (Wildman–Crippen LogP) is 0.808. The first-order valence-corrected chi connectivity index (χ1v) is 11.1. The predicted molar refractivity (Wildman–Crippen MR) is 108 cm³/mol. The van der Waals surface area contributed by atoms with E-state index in [9.17, 15) is 13.2 Å². The number of sulfonamides is 1. The molecule has 150 valence electrons. The van der Waals surface area contributed by atoms with Crippen LogP contribution in [-0.2, 0) is 21.4 Å². The standard InChI is InChI=1S/C18H29N5O3S/c1-3-19-18(20-11-5-12-22-27(2,25)26)21-14-15-7-9-16(10-8-15)23-13-4-6-17(23)24/h7-10,22H,3-6,11-14H2,1-2H3,(H2,19,20,21). The third kappa shape index (κ3) is 7.56. The molecule has 1 heterocycles. The topological polar surface area (TPSA) is 103 Å². The number of hydrogen-bond donors (Lipinski definition) is 3. The van der Waals surface area contributed by atoms with Crippen LogP contribution in [0.15, 0.2) is 29.3 Å². The van der Waals surface area contributed by atoms with E-state index in [4.69, 9.17) is 0 Å². The molecule has 1 fully saturated rings. The SMILES string of the molecule is CCNC(=NCc1ccc(N2CCCC2=O)cc1)NCCCNS(C)(=O)=O. The quantitative estimate of drug-likeness (QED) is 0.326. The second kappa shape index (κ2) is 10.3. The van der Waals surface area contributed by atoms with Crippen LogP contribution in [0.3, 0.4) is 0 Å². The number of guanidine groups is 1. The fourth-order valence-electron chi connectivity index (χ4n) is 2.77. The van der Waals surface area contributed by atoms with E-state index in [0.29, 0.717) is 38.4 Å². The number of carbonyl (C=O) groups excluding carboxylic acids is 1. The lowest BCUT2D eigenvalue weighted by atomic mass is 10.2. The van der Waals surface area contributed by atoms with Crippen molar-refractivity contribution in [3.8, 4) is 0 Å². The van der Waals surface area contributed by atoms with Gasteiger partial charge in [0.1, 0.15) is 0 Å². The Labute approximate surface area is 161 Å². The molecule has 1 aromatic rings. The van der Waals surface area contributed by atoms with Gasteiger partial charge in [-0.2, -0.15) is 0 Å². The van der Waals surface area contributed by atoms with Gasteiger partial charge in [0, 0.05) is 38.3 Å². The van der Waals surface area contributed by atoms with Crippen molar-refractivity contribution < 1.29 is 13.2 Å². The molecule has 27 heavy (non-hydrogen) atoms. The molecule has 1 aliphatic heterocycles. The van der Waals surface area contributed by atoms with Crippen LogP contribution in [0.2, 0.25) is 0 Å². The number of hydrogen-bond acceptors (Lipinski definition) is 4. The summed E-state index contributed by atoms with van der Waals surface area (Å²) in [7, 11) is -3.14. The van der Waals surface area contributed by atoms with E-state index in [1.54, 1.807) is 0 Å². The molecule has 0 bridgehead atoms. The molecule has 9 heteroatoms. The lowest BCUT2D eigenvalue weighted by Crippen LogP contribution is -2.38. The van der Waals surface area contributed by atoms with Crippen molar-refractivity contribution in [2.75, 3.05) is 37.3 Å². The summed E-state index contributed by atoms with van der Waals surface area (Å²) >= 11 is 0. The Bertz CT molecular complexity index is 747. The van der Waals surface area contributed by atoms with Crippen molar-refractivity contribution in [2.24, 2.45) is 4.99 Å². The highest BCUT2D eigenvalue weighted by atomic mass is 32.2. The van der Waals surface area contributed by atoms with Gasteiger partial charge < -0.3 is 15.5 Å². The summed E-state index contributed by atoms with van der Waals surface area (Å²) in [4.78, 5) is 18.2. The van der Waals surface area contributed by atoms with Crippen molar-refractivity contribution in [1.82, 2.24) is 15.4 Å². The van der Waals surface area contributed by atoms with Gasteiger partial charge in [0.05, 0.1) is 12.8 Å². The van der Waals surface area contributed by atoms with E-state index in [0.717, 1.165) is 37.0 Å². The Kier molecular flexibility index (Phi) is 8.05. The average Bonchev–Trinajstić information content (AvgIpc) is 3.05. The number of amides is 1. The van der Waals surface area contributed by atoms with E-state index in [2.05, 4.69) is 20.3 Å². The third-order valence-electron chi connectivity index (χ3n) is 4.10. The molecule has 0 spiro atoms. The van der Waals surface area contributed by atoms with Crippen LogP contribution >= 0.6 is 0 Å². The van der Waals surface area contributed by atoms with Crippen LogP contribution in [0.25, 0.3) is 0 Å². The molecule has 1 amide bonds. The van der Waals surface area contributed by atoms with Crippen LogP contribution in [0.1, 0.15) is 31.7 Å². The van der Waals surface area contributed by atoms with Gasteiger partial charge in [-0.1, -0.05) is 12.1 Å². The van der Waals surface area contributed by atoms with Crippen molar-refractivity contribution >= 4 is 27.6 Å². The summed E-state index contributed by atoms with van der Waals surface area (Å²) in [5.41, 5.74) is 2.00. The molecule has 0 aliphatic carbocycles. The maximum atomic E-state index is 11.8. The second-order valence-electron chi connectivity index (χ2n) is 6.46. The van der Waals surface area contributed by atoms with Gasteiger partial charge in [0.2, 0.25) is 15.9 Å². The van der Waals surface area contributed by atoms with Gasteiger partial charge in [-0.05, 0) is 37.5 Å². The molecule has 2 rings (SSSR count).